The third-order valence-electron chi connectivity index (χ3n) is 6.03. The summed E-state index contributed by atoms with van der Waals surface area (Å²) in [7, 11) is 0. The number of anilines is 1. The first-order valence-corrected chi connectivity index (χ1v) is 10.9. The molecule has 7 heteroatoms. The zero-order valence-corrected chi connectivity index (χ0v) is 18.1. The normalized spacial score (nSPS) is 22.0. The molecule has 7 nitrogen and oxygen atoms in total. The van der Waals surface area contributed by atoms with Crippen LogP contribution in [-0.2, 0) is 21.0 Å². The topological polar surface area (TPSA) is 79.3 Å². The van der Waals surface area contributed by atoms with Crippen molar-refractivity contribution < 1.29 is 24.3 Å². The number of phenolic OH excluding ortho intramolecular Hbond substituents is 1. The molecule has 0 radical (unpaired) electrons. The predicted octanol–water partition coefficient (Wildman–Crippen LogP) is 3.84. The second kappa shape index (κ2) is 8.60. The Kier molecular flexibility index (Phi) is 5.48. The lowest BCUT2D eigenvalue weighted by molar-refractivity contribution is -0.143. The van der Waals surface area contributed by atoms with Crippen LogP contribution in [0.4, 0.5) is 5.69 Å². The molecule has 0 unspecified atom stereocenters. The number of hydroxylamine groups is 1. The van der Waals surface area contributed by atoms with Gasteiger partial charge < -0.3 is 9.84 Å². The lowest BCUT2D eigenvalue weighted by atomic mass is 9.90. The number of hydrogen-bond acceptors (Lipinski definition) is 6. The summed E-state index contributed by atoms with van der Waals surface area (Å²) >= 11 is 0. The van der Waals surface area contributed by atoms with Gasteiger partial charge in [-0.15, -0.1) is 0 Å². The Hall–Kier alpha value is -3.84. The van der Waals surface area contributed by atoms with Crippen LogP contribution in [0.1, 0.15) is 24.1 Å². The van der Waals surface area contributed by atoms with Crippen molar-refractivity contribution in [2.75, 3.05) is 11.7 Å². The number of ether oxygens (including phenoxy) is 1. The summed E-state index contributed by atoms with van der Waals surface area (Å²) < 4.78 is 5.57. The Labute approximate surface area is 191 Å². The molecule has 3 atom stereocenters. The van der Waals surface area contributed by atoms with Crippen LogP contribution in [-0.4, -0.2) is 34.5 Å². The van der Waals surface area contributed by atoms with Crippen LogP contribution in [0.25, 0.3) is 0 Å². The van der Waals surface area contributed by atoms with Crippen LogP contribution in [0, 0.1) is 5.92 Å². The fraction of sp³-hybridized carbons (Fsp3) is 0.231. The number of fused-ring (bicyclic) bond motifs is 1. The molecule has 5 rings (SSSR count). The van der Waals surface area contributed by atoms with E-state index >= 15 is 0 Å². The van der Waals surface area contributed by atoms with Gasteiger partial charge >= 0.3 is 0 Å². The van der Waals surface area contributed by atoms with E-state index in [0.29, 0.717) is 12.4 Å². The third kappa shape index (κ3) is 3.70. The fourth-order valence-corrected chi connectivity index (χ4v) is 4.52. The minimum atomic E-state index is -0.921. The molecular formula is C26H24N2O5. The maximum atomic E-state index is 13.6. The average Bonchev–Trinajstić information content (AvgIpc) is 3.34. The molecule has 3 aromatic rings. The first-order chi connectivity index (χ1) is 16.1. The molecule has 2 fully saturated rings. The first kappa shape index (κ1) is 21.0. The van der Waals surface area contributed by atoms with Crippen molar-refractivity contribution in [3.8, 4) is 11.5 Å². The number of para-hydroxylation sites is 1. The monoisotopic (exact) mass is 444 g/mol. The number of carbonyl (C=O) groups is 2. The lowest BCUT2D eigenvalue weighted by Crippen LogP contribution is -2.36. The second-order valence-electron chi connectivity index (χ2n) is 8.07. The van der Waals surface area contributed by atoms with E-state index in [0.717, 1.165) is 16.8 Å². The molecule has 0 spiro atoms. The molecule has 0 aliphatic carbocycles. The van der Waals surface area contributed by atoms with Crippen molar-refractivity contribution in [3.05, 3.63) is 90.0 Å². The molecule has 1 N–H and O–H groups in total. The van der Waals surface area contributed by atoms with Gasteiger partial charge in [-0.3, -0.25) is 19.3 Å². The molecule has 0 bridgehead atoms. The highest BCUT2D eigenvalue weighted by atomic mass is 16.7. The number of phenols is 1. The second-order valence-corrected chi connectivity index (χ2v) is 8.07. The number of imide groups is 1. The van der Waals surface area contributed by atoms with Gasteiger partial charge in [-0.1, -0.05) is 54.6 Å². The van der Waals surface area contributed by atoms with Gasteiger partial charge in [0.2, 0.25) is 5.91 Å². The van der Waals surface area contributed by atoms with E-state index in [-0.39, 0.29) is 24.1 Å². The van der Waals surface area contributed by atoms with Crippen LogP contribution in [0.5, 0.6) is 11.5 Å². The lowest BCUT2D eigenvalue weighted by Gasteiger charge is -2.29. The van der Waals surface area contributed by atoms with Crippen LogP contribution >= 0.6 is 0 Å². The van der Waals surface area contributed by atoms with Gasteiger partial charge in [-0.2, -0.15) is 0 Å². The quantitative estimate of drug-likeness (QED) is 0.582. The zero-order chi connectivity index (χ0) is 22.9. The largest absolute Gasteiger partial charge is 0.504 e. The minimum absolute atomic E-state index is 0.0156. The van der Waals surface area contributed by atoms with E-state index < -0.39 is 18.1 Å². The molecule has 2 aliphatic heterocycles. The van der Waals surface area contributed by atoms with E-state index in [4.69, 9.17) is 9.57 Å². The first-order valence-electron chi connectivity index (χ1n) is 10.9. The third-order valence-corrected chi connectivity index (χ3v) is 6.03. The zero-order valence-electron chi connectivity index (χ0n) is 18.1. The number of carbonyl (C=O) groups excluding carboxylic acids is 2. The summed E-state index contributed by atoms with van der Waals surface area (Å²) in [4.78, 5) is 34.2. The minimum Gasteiger partial charge on any atom is -0.504 e. The SMILES string of the molecule is CCOc1cc([C@@H]2[C@@H]3C(=O)N(Cc4ccccc4)C(=O)[C@@H]3ON2c2ccccc2)ccc1O. The van der Waals surface area contributed by atoms with Gasteiger partial charge in [-0.05, 0) is 42.3 Å². The highest BCUT2D eigenvalue weighted by molar-refractivity contribution is 6.07. The average molecular weight is 444 g/mol. The van der Waals surface area contributed by atoms with Gasteiger partial charge in [-0.25, -0.2) is 5.06 Å². The van der Waals surface area contributed by atoms with Crippen LogP contribution in [0.2, 0.25) is 0 Å². The Morgan fingerprint density at radius 1 is 0.939 bits per heavy atom. The molecule has 0 aromatic heterocycles. The van der Waals surface area contributed by atoms with E-state index in [1.165, 1.54) is 4.90 Å². The number of nitrogens with zero attached hydrogens (tertiary/aromatic N) is 2. The van der Waals surface area contributed by atoms with Crippen LogP contribution < -0.4 is 9.80 Å². The summed E-state index contributed by atoms with van der Waals surface area (Å²) in [5.41, 5.74) is 2.33. The number of rotatable bonds is 6. The molecule has 2 aliphatic rings. The standard InChI is InChI=1S/C26H24N2O5/c1-2-32-21-15-18(13-14-20(21)29)23-22-24(33-28(23)19-11-7-4-8-12-19)26(31)27(25(22)30)16-17-9-5-3-6-10-17/h3-15,22-24,29H,2,16H2,1H3/t22-,23+,24+/m0/s1. The maximum absolute atomic E-state index is 13.6. The summed E-state index contributed by atoms with van der Waals surface area (Å²) in [6.07, 6.45) is -0.921. The molecule has 0 saturated carbocycles. The number of benzene rings is 3. The molecule has 168 valence electrons. The van der Waals surface area contributed by atoms with Crippen LogP contribution in [0.3, 0.4) is 0 Å². The molecule has 2 saturated heterocycles. The van der Waals surface area contributed by atoms with Gasteiger partial charge in [0.25, 0.3) is 5.91 Å². The van der Waals surface area contributed by atoms with Gasteiger partial charge in [0.1, 0.15) is 5.92 Å². The van der Waals surface area contributed by atoms with E-state index in [1.54, 1.807) is 23.3 Å². The molecule has 2 heterocycles. The number of aromatic hydroxyl groups is 1. The van der Waals surface area contributed by atoms with Crippen molar-refractivity contribution in [1.82, 2.24) is 4.90 Å². The number of likely N-dealkylation sites (tertiary alicyclic amines) is 1. The van der Waals surface area contributed by atoms with Crippen LogP contribution in [0.15, 0.2) is 78.9 Å². The highest BCUT2D eigenvalue weighted by Crippen LogP contribution is 2.48. The van der Waals surface area contributed by atoms with E-state index in [1.807, 2.05) is 67.6 Å². The predicted molar refractivity (Wildman–Crippen MR) is 121 cm³/mol. The van der Waals surface area contributed by atoms with Gasteiger partial charge in [0, 0.05) is 0 Å². The molecule has 2 amide bonds. The maximum Gasteiger partial charge on any atom is 0.262 e. The smallest absolute Gasteiger partial charge is 0.262 e. The number of hydrogen-bond donors (Lipinski definition) is 1. The molecule has 33 heavy (non-hydrogen) atoms. The van der Waals surface area contributed by atoms with Crippen molar-refractivity contribution in [1.29, 1.82) is 0 Å². The summed E-state index contributed by atoms with van der Waals surface area (Å²) in [5, 5.41) is 11.8. The van der Waals surface area contributed by atoms with E-state index in [2.05, 4.69) is 0 Å². The van der Waals surface area contributed by atoms with Crippen molar-refractivity contribution in [2.24, 2.45) is 5.92 Å². The Balaban J connectivity index is 1.54. The highest BCUT2D eigenvalue weighted by Gasteiger charge is 2.59. The van der Waals surface area contributed by atoms with Crippen molar-refractivity contribution in [3.63, 3.8) is 0 Å². The Morgan fingerprint density at radius 3 is 2.33 bits per heavy atom. The Bertz CT molecular complexity index is 1170. The summed E-state index contributed by atoms with van der Waals surface area (Å²) in [6, 6.07) is 23.2. The molecule has 3 aromatic carbocycles. The fourth-order valence-electron chi connectivity index (χ4n) is 4.52. The van der Waals surface area contributed by atoms with Gasteiger partial charge in [0.15, 0.2) is 17.6 Å². The van der Waals surface area contributed by atoms with Gasteiger partial charge in [0.05, 0.1) is 24.9 Å². The summed E-state index contributed by atoms with van der Waals surface area (Å²) in [5.74, 6) is -1.00. The van der Waals surface area contributed by atoms with Crippen molar-refractivity contribution >= 4 is 17.5 Å². The van der Waals surface area contributed by atoms with E-state index in [9.17, 15) is 14.7 Å². The summed E-state index contributed by atoms with van der Waals surface area (Å²) in [6.45, 7) is 2.42. The van der Waals surface area contributed by atoms with Crippen molar-refractivity contribution in [2.45, 2.75) is 25.6 Å². The number of amides is 2. The molecular weight excluding hydrogens is 420 g/mol. The Morgan fingerprint density at radius 2 is 1.64 bits per heavy atom.